The highest BCUT2D eigenvalue weighted by atomic mass is 19.1. The van der Waals surface area contributed by atoms with E-state index in [1.165, 1.54) is 38.7 Å². The van der Waals surface area contributed by atoms with Crippen molar-refractivity contribution < 1.29 is 13.9 Å². The van der Waals surface area contributed by atoms with E-state index in [9.17, 15) is 18.7 Å². The highest BCUT2D eigenvalue weighted by Crippen LogP contribution is 2.36. The van der Waals surface area contributed by atoms with Crippen LogP contribution in [0.5, 0.6) is 0 Å². The first-order chi connectivity index (χ1) is 16.9. The SMILES string of the molecule is CC(n1ccn(-c2ccc(-n3ccnn3)cc2)c1=O)C(O)(Cn1cncn1)c1ccc(F)cc1F. The molecular weight excluding hydrogens is 458 g/mol. The Labute approximate surface area is 197 Å². The number of halogens is 2. The molecule has 2 atom stereocenters. The largest absolute Gasteiger partial charge is 0.381 e. The molecule has 10 nitrogen and oxygen atoms in total. The lowest BCUT2D eigenvalue weighted by Gasteiger charge is -2.35. The molecule has 0 saturated heterocycles. The van der Waals surface area contributed by atoms with Crippen LogP contribution in [0.1, 0.15) is 18.5 Å². The molecule has 5 rings (SSSR count). The van der Waals surface area contributed by atoms with Gasteiger partial charge in [0.1, 0.15) is 29.9 Å². The molecule has 2 aromatic carbocycles. The predicted octanol–water partition coefficient (Wildman–Crippen LogP) is 2.24. The van der Waals surface area contributed by atoms with Gasteiger partial charge < -0.3 is 5.11 Å². The van der Waals surface area contributed by atoms with Crippen LogP contribution in [0.25, 0.3) is 11.4 Å². The standard InChI is InChI=1S/C23H20F2N8O2/c1-16(23(35,13-30-15-26-14-28-30)20-7-2-17(24)12-21(20)25)31-10-11-32(22(31)34)18-3-5-19(6-4-18)33-9-8-27-29-33/h2-12,14-16,35H,13H2,1H3. The summed E-state index contributed by atoms with van der Waals surface area (Å²) in [5, 5.41) is 23.5. The highest BCUT2D eigenvalue weighted by molar-refractivity contribution is 5.41. The van der Waals surface area contributed by atoms with Crippen molar-refractivity contribution >= 4 is 0 Å². The molecule has 0 bridgehead atoms. The van der Waals surface area contributed by atoms with Crippen molar-refractivity contribution in [2.75, 3.05) is 0 Å². The van der Waals surface area contributed by atoms with Gasteiger partial charge in [-0.3, -0.25) is 9.13 Å². The first kappa shape index (κ1) is 22.3. The number of imidazole rings is 1. The van der Waals surface area contributed by atoms with Crippen LogP contribution in [0, 0.1) is 11.6 Å². The Morgan fingerprint density at radius 3 is 2.49 bits per heavy atom. The minimum Gasteiger partial charge on any atom is -0.381 e. The zero-order chi connectivity index (χ0) is 24.6. The molecule has 35 heavy (non-hydrogen) atoms. The summed E-state index contributed by atoms with van der Waals surface area (Å²) in [7, 11) is 0. The van der Waals surface area contributed by atoms with Crippen molar-refractivity contribution in [3.05, 3.63) is 108 Å². The quantitative estimate of drug-likeness (QED) is 0.384. The van der Waals surface area contributed by atoms with Gasteiger partial charge in [-0.2, -0.15) is 5.10 Å². The first-order valence-corrected chi connectivity index (χ1v) is 10.6. The molecule has 0 saturated carbocycles. The maximum atomic E-state index is 14.8. The average Bonchev–Trinajstić information content (AvgIpc) is 3.61. The van der Waals surface area contributed by atoms with Gasteiger partial charge in [-0.25, -0.2) is 27.9 Å². The van der Waals surface area contributed by atoms with Crippen LogP contribution in [-0.4, -0.2) is 44.0 Å². The summed E-state index contributed by atoms with van der Waals surface area (Å²) in [6, 6.07) is 9.01. The summed E-state index contributed by atoms with van der Waals surface area (Å²) in [5.41, 5.74) is -1.23. The van der Waals surface area contributed by atoms with Crippen LogP contribution in [0.3, 0.4) is 0 Å². The normalized spacial score (nSPS) is 14.1. The summed E-state index contributed by atoms with van der Waals surface area (Å²) < 4.78 is 34.0. The minimum absolute atomic E-state index is 0.168. The second kappa shape index (κ2) is 8.72. The number of aromatic nitrogens is 8. The molecule has 0 spiro atoms. The van der Waals surface area contributed by atoms with E-state index in [2.05, 4.69) is 20.4 Å². The van der Waals surface area contributed by atoms with Crippen molar-refractivity contribution in [1.29, 1.82) is 0 Å². The predicted molar refractivity (Wildman–Crippen MR) is 120 cm³/mol. The van der Waals surface area contributed by atoms with Crippen LogP contribution in [0.2, 0.25) is 0 Å². The van der Waals surface area contributed by atoms with Gasteiger partial charge in [0.25, 0.3) is 0 Å². The Morgan fingerprint density at radius 1 is 1.06 bits per heavy atom. The van der Waals surface area contributed by atoms with Crippen molar-refractivity contribution in [3.63, 3.8) is 0 Å². The average molecular weight is 478 g/mol. The van der Waals surface area contributed by atoms with Gasteiger partial charge in [-0.1, -0.05) is 11.3 Å². The van der Waals surface area contributed by atoms with E-state index in [-0.39, 0.29) is 12.1 Å². The van der Waals surface area contributed by atoms with Gasteiger partial charge in [-0.05, 0) is 37.3 Å². The molecule has 3 aromatic heterocycles. The fourth-order valence-electron chi connectivity index (χ4n) is 4.07. The van der Waals surface area contributed by atoms with E-state index < -0.39 is 29.0 Å². The molecule has 0 aliphatic carbocycles. The topological polar surface area (TPSA) is 109 Å². The van der Waals surface area contributed by atoms with E-state index in [0.717, 1.165) is 11.8 Å². The van der Waals surface area contributed by atoms with Gasteiger partial charge in [0, 0.05) is 24.0 Å². The lowest BCUT2D eigenvalue weighted by molar-refractivity contribution is -0.0342. The number of nitrogens with zero attached hydrogens (tertiary/aromatic N) is 8. The number of hydrogen-bond donors (Lipinski definition) is 1. The molecular formula is C23H20F2N8O2. The summed E-state index contributed by atoms with van der Waals surface area (Å²) in [6.45, 7) is 1.36. The lowest BCUT2D eigenvalue weighted by Crippen LogP contribution is -2.43. The fraction of sp³-hybridized carbons (Fsp3) is 0.174. The number of benzene rings is 2. The molecule has 0 amide bonds. The Hall–Kier alpha value is -4.45. The fourth-order valence-corrected chi connectivity index (χ4v) is 4.07. The maximum absolute atomic E-state index is 14.8. The molecule has 0 aliphatic heterocycles. The monoisotopic (exact) mass is 478 g/mol. The molecule has 3 heterocycles. The minimum atomic E-state index is -1.96. The maximum Gasteiger partial charge on any atom is 0.333 e. The van der Waals surface area contributed by atoms with Crippen molar-refractivity contribution in [2.45, 2.75) is 25.1 Å². The number of aliphatic hydroxyl groups is 1. The smallest absolute Gasteiger partial charge is 0.333 e. The Balaban J connectivity index is 1.53. The van der Waals surface area contributed by atoms with Crippen LogP contribution in [-0.2, 0) is 12.1 Å². The summed E-state index contributed by atoms with van der Waals surface area (Å²) in [4.78, 5) is 17.2. The highest BCUT2D eigenvalue weighted by Gasteiger charge is 2.41. The third kappa shape index (κ3) is 4.04. The van der Waals surface area contributed by atoms with Gasteiger partial charge in [0.2, 0.25) is 0 Å². The van der Waals surface area contributed by atoms with Gasteiger partial charge in [0.15, 0.2) is 0 Å². The summed E-state index contributed by atoms with van der Waals surface area (Å²) >= 11 is 0. The van der Waals surface area contributed by atoms with Gasteiger partial charge in [-0.15, -0.1) is 5.10 Å². The van der Waals surface area contributed by atoms with Crippen LogP contribution < -0.4 is 5.69 Å². The molecule has 0 fully saturated rings. The summed E-state index contributed by atoms with van der Waals surface area (Å²) in [6.07, 6.45) is 8.96. The van der Waals surface area contributed by atoms with Crippen molar-refractivity contribution in [2.24, 2.45) is 0 Å². The first-order valence-electron chi connectivity index (χ1n) is 10.6. The molecule has 5 aromatic rings. The van der Waals surface area contributed by atoms with E-state index in [1.807, 2.05) is 0 Å². The molecule has 1 N–H and O–H groups in total. The third-order valence-corrected chi connectivity index (χ3v) is 5.99. The lowest BCUT2D eigenvalue weighted by atomic mass is 9.86. The Morgan fingerprint density at radius 2 is 1.83 bits per heavy atom. The van der Waals surface area contributed by atoms with Crippen molar-refractivity contribution in [1.82, 2.24) is 38.9 Å². The Bertz CT molecular complexity index is 1490. The van der Waals surface area contributed by atoms with Crippen LogP contribution >= 0.6 is 0 Å². The van der Waals surface area contributed by atoms with E-state index in [1.54, 1.807) is 54.5 Å². The second-order valence-corrected chi connectivity index (χ2v) is 8.04. The van der Waals surface area contributed by atoms with Crippen molar-refractivity contribution in [3.8, 4) is 11.4 Å². The van der Waals surface area contributed by atoms with Gasteiger partial charge in [0.05, 0.1) is 36.4 Å². The third-order valence-electron chi connectivity index (χ3n) is 5.99. The Kier molecular flexibility index (Phi) is 5.57. The number of hydrogen-bond acceptors (Lipinski definition) is 6. The number of rotatable bonds is 7. The molecule has 0 radical (unpaired) electrons. The van der Waals surface area contributed by atoms with Crippen LogP contribution in [0.15, 0.2) is 84.7 Å². The molecule has 12 heteroatoms. The second-order valence-electron chi connectivity index (χ2n) is 8.04. The zero-order valence-corrected chi connectivity index (χ0v) is 18.5. The molecule has 2 unspecified atom stereocenters. The van der Waals surface area contributed by atoms with E-state index in [4.69, 9.17) is 0 Å². The summed E-state index contributed by atoms with van der Waals surface area (Å²) in [5.74, 6) is -1.71. The molecule has 178 valence electrons. The van der Waals surface area contributed by atoms with E-state index >= 15 is 0 Å². The van der Waals surface area contributed by atoms with E-state index in [0.29, 0.717) is 11.8 Å². The van der Waals surface area contributed by atoms with Gasteiger partial charge >= 0.3 is 5.69 Å². The zero-order valence-electron chi connectivity index (χ0n) is 18.5. The van der Waals surface area contributed by atoms with Crippen LogP contribution in [0.4, 0.5) is 8.78 Å². The molecule has 0 aliphatic rings.